The fourth-order valence-electron chi connectivity index (χ4n) is 2.97. The molecular weight excluding hydrogens is 358 g/mol. The smallest absolute Gasteiger partial charge is 0.234 e. The molecule has 0 aromatic carbocycles. The molecule has 1 saturated heterocycles. The number of hydrogen-bond donors (Lipinski definition) is 6. The number of aliphatic hydroxyl groups excluding tert-OH is 4. The van der Waals surface area contributed by atoms with Gasteiger partial charge in [0, 0.05) is 26.1 Å². The number of rotatable bonds is 6. The Hall–Kier alpha value is -1.30. The Labute approximate surface area is 159 Å². The van der Waals surface area contributed by atoms with Crippen molar-refractivity contribution in [3.8, 4) is 0 Å². The lowest BCUT2D eigenvalue weighted by atomic mass is 10.0. The molecule has 8 N–H and O–H groups in total. The zero-order chi connectivity index (χ0) is 20.4. The molecule has 1 rings (SSSR count). The minimum atomic E-state index is -1.48. The van der Waals surface area contributed by atoms with Crippen LogP contribution in [0.15, 0.2) is 0 Å². The Kier molecular flexibility index (Phi) is 10.7. The molecule has 0 aromatic rings. The summed E-state index contributed by atoms with van der Waals surface area (Å²) >= 11 is 0. The van der Waals surface area contributed by atoms with E-state index in [0.717, 1.165) is 19.3 Å². The monoisotopic (exact) mass is 391 g/mol. The average Bonchev–Trinajstić information content (AvgIpc) is 2.64. The fraction of sp³-hybridized carbons (Fsp3) is 0.882. The second-order valence-electron chi connectivity index (χ2n) is 6.94. The first kappa shape index (κ1) is 23.7. The van der Waals surface area contributed by atoms with Crippen molar-refractivity contribution in [3.63, 3.8) is 0 Å². The Morgan fingerprint density at radius 2 is 1.85 bits per heavy atom. The molecule has 10 heteroatoms. The lowest BCUT2D eigenvalue weighted by Gasteiger charge is -2.33. The van der Waals surface area contributed by atoms with Crippen LogP contribution in [0.2, 0.25) is 0 Å². The first-order valence-corrected chi connectivity index (χ1v) is 9.37. The number of carbonyl (C=O) groups excluding carboxylic acids is 2. The number of carbonyl (C=O) groups is 2. The predicted octanol–water partition coefficient (Wildman–Crippen LogP) is -2.56. The number of amides is 2. The van der Waals surface area contributed by atoms with E-state index in [-0.39, 0.29) is 25.3 Å². The van der Waals surface area contributed by atoms with E-state index in [1.807, 2.05) is 0 Å². The van der Waals surface area contributed by atoms with Crippen molar-refractivity contribution in [2.24, 2.45) is 11.5 Å². The standard InChI is InChI=1S/C17H33N3O7/c18-11(17(19)26)5-6-14(24)20-7-3-1-2-4-8-27-16(13(23)10-21)15(25)12(22)9-20/h11-13,15-16,21-23,25H,1-10,18H2,(H2,19,26)/t11-,12+,13+,15+,16+/m0/s1. The minimum Gasteiger partial charge on any atom is -0.394 e. The zero-order valence-corrected chi connectivity index (χ0v) is 15.6. The van der Waals surface area contributed by atoms with Crippen LogP contribution in [0.1, 0.15) is 38.5 Å². The molecule has 1 aliphatic heterocycles. The Balaban J connectivity index is 2.79. The molecule has 0 aromatic heterocycles. The van der Waals surface area contributed by atoms with Crippen LogP contribution in [-0.2, 0) is 14.3 Å². The van der Waals surface area contributed by atoms with Gasteiger partial charge in [-0.2, -0.15) is 0 Å². The van der Waals surface area contributed by atoms with Gasteiger partial charge in [-0.25, -0.2) is 0 Å². The highest BCUT2D eigenvalue weighted by Crippen LogP contribution is 2.15. The van der Waals surface area contributed by atoms with Crippen LogP contribution in [0.4, 0.5) is 0 Å². The highest BCUT2D eigenvalue weighted by molar-refractivity contribution is 5.81. The number of nitrogens with two attached hydrogens (primary N) is 2. The van der Waals surface area contributed by atoms with Crippen LogP contribution >= 0.6 is 0 Å². The third kappa shape index (κ3) is 8.08. The molecule has 0 bridgehead atoms. The van der Waals surface area contributed by atoms with Gasteiger partial charge in [0.1, 0.15) is 24.4 Å². The molecule has 2 amide bonds. The Bertz CT molecular complexity index is 466. The first-order valence-electron chi connectivity index (χ1n) is 9.37. The van der Waals surface area contributed by atoms with Crippen LogP contribution < -0.4 is 11.5 Å². The Morgan fingerprint density at radius 1 is 1.19 bits per heavy atom. The molecule has 27 heavy (non-hydrogen) atoms. The van der Waals surface area contributed by atoms with Gasteiger partial charge in [-0.1, -0.05) is 12.8 Å². The highest BCUT2D eigenvalue weighted by Gasteiger charge is 2.34. The molecule has 1 fully saturated rings. The number of hydrogen-bond acceptors (Lipinski definition) is 8. The number of β-amino-alcohol motifs (C(OH)–C–C–N with tert-alkyl or cyclic N) is 1. The van der Waals surface area contributed by atoms with Gasteiger partial charge in [-0.05, 0) is 19.3 Å². The summed E-state index contributed by atoms with van der Waals surface area (Å²) in [6.07, 6.45) is -2.17. The summed E-state index contributed by atoms with van der Waals surface area (Å²) in [7, 11) is 0. The third-order valence-corrected chi connectivity index (χ3v) is 4.72. The number of ether oxygens (including phenoxy) is 1. The molecule has 1 aliphatic rings. The molecule has 1 heterocycles. The zero-order valence-electron chi connectivity index (χ0n) is 15.6. The molecule has 0 radical (unpaired) electrons. The number of nitrogens with zero attached hydrogens (tertiary/aromatic N) is 1. The van der Waals surface area contributed by atoms with Gasteiger partial charge in [-0.3, -0.25) is 9.59 Å². The van der Waals surface area contributed by atoms with Crippen LogP contribution in [-0.4, -0.2) is 93.9 Å². The van der Waals surface area contributed by atoms with E-state index in [1.165, 1.54) is 4.90 Å². The quantitative estimate of drug-likeness (QED) is 0.286. The van der Waals surface area contributed by atoms with Crippen LogP contribution in [0, 0.1) is 0 Å². The maximum absolute atomic E-state index is 12.5. The van der Waals surface area contributed by atoms with E-state index >= 15 is 0 Å². The largest absolute Gasteiger partial charge is 0.394 e. The maximum Gasteiger partial charge on any atom is 0.234 e. The van der Waals surface area contributed by atoms with Gasteiger partial charge in [0.25, 0.3) is 0 Å². The van der Waals surface area contributed by atoms with Gasteiger partial charge in [0.15, 0.2) is 0 Å². The van der Waals surface area contributed by atoms with Crippen molar-refractivity contribution >= 4 is 11.8 Å². The summed E-state index contributed by atoms with van der Waals surface area (Å²) in [5.41, 5.74) is 10.6. The van der Waals surface area contributed by atoms with Crippen LogP contribution in [0.5, 0.6) is 0 Å². The lowest BCUT2D eigenvalue weighted by molar-refractivity contribution is -0.152. The molecule has 0 aliphatic carbocycles. The van der Waals surface area contributed by atoms with Crippen molar-refractivity contribution < 1.29 is 34.8 Å². The molecule has 0 saturated carbocycles. The summed E-state index contributed by atoms with van der Waals surface area (Å²) in [4.78, 5) is 24.9. The lowest BCUT2D eigenvalue weighted by Crippen LogP contribution is -2.52. The molecule has 5 atom stereocenters. The second-order valence-corrected chi connectivity index (χ2v) is 6.94. The van der Waals surface area contributed by atoms with E-state index in [4.69, 9.17) is 21.3 Å². The molecule has 10 nitrogen and oxygen atoms in total. The third-order valence-electron chi connectivity index (χ3n) is 4.72. The topological polar surface area (TPSA) is 180 Å². The van der Waals surface area contributed by atoms with Crippen molar-refractivity contribution in [2.75, 3.05) is 26.3 Å². The van der Waals surface area contributed by atoms with E-state index in [9.17, 15) is 24.9 Å². The van der Waals surface area contributed by atoms with Gasteiger partial charge in [0.05, 0.1) is 12.6 Å². The Morgan fingerprint density at radius 3 is 2.48 bits per heavy atom. The number of aliphatic hydroxyl groups is 4. The van der Waals surface area contributed by atoms with Crippen LogP contribution in [0.3, 0.4) is 0 Å². The predicted molar refractivity (Wildman–Crippen MR) is 96.3 cm³/mol. The van der Waals surface area contributed by atoms with Crippen molar-refractivity contribution in [1.82, 2.24) is 4.90 Å². The van der Waals surface area contributed by atoms with Gasteiger partial charge in [0.2, 0.25) is 11.8 Å². The summed E-state index contributed by atoms with van der Waals surface area (Å²) in [6, 6.07) is -0.922. The molecule has 0 unspecified atom stereocenters. The summed E-state index contributed by atoms with van der Waals surface area (Å²) < 4.78 is 5.46. The van der Waals surface area contributed by atoms with Crippen molar-refractivity contribution in [3.05, 3.63) is 0 Å². The SMILES string of the molecule is NC(=O)[C@@H](N)CCC(=O)N1CCCCCCO[C@H]([C@H](O)CO)[C@H](O)[C@H](O)C1. The highest BCUT2D eigenvalue weighted by atomic mass is 16.5. The van der Waals surface area contributed by atoms with Gasteiger partial charge in [-0.15, -0.1) is 0 Å². The van der Waals surface area contributed by atoms with E-state index < -0.39 is 43.0 Å². The summed E-state index contributed by atoms with van der Waals surface area (Å²) in [5, 5.41) is 39.7. The van der Waals surface area contributed by atoms with Gasteiger partial charge < -0.3 is 41.5 Å². The second kappa shape index (κ2) is 12.2. The molecule has 158 valence electrons. The van der Waals surface area contributed by atoms with E-state index in [1.54, 1.807) is 0 Å². The van der Waals surface area contributed by atoms with Crippen molar-refractivity contribution in [1.29, 1.82) is 0 Å². The number of primary amides is 1. The first-order chi connectivity index (χ1) is 12.8. The average molecular weight is 391 g/mol. The maximum atomic E-state index is 12.5. The van der Waals surface area contributed by atoms with Crippen LogP contribution in [0.25, 0.3) is 0 Å². The molecular formula is C17H33N3O7. The summed E-state index contributed by atoms with van der Waals surface area (Å²) in [6.45, 7) is -0.104. The fourth-order valence-corrected chi connectivity index (χ4v) is 2.97. The van der Waals surface area contributed by atoms with Gasteiger partial charge >= 0.3 is 0 Å². The minimum absolute atomic E-state index is 0.00782. The summed E-state index contributed by atoms with van der Waals surface area (Å²) in [5.74, 6) is -1.000. The van der Waals surface area contributed by atoms with E-state index in [0.29, 0.717) is 19.6 Å². The normalized spacial score (nSPS) is 27.9. The molecule has 0 spiro atoms. The van der Waals surface area contributed by atoms with E-state index in [2.05, 4.69) is 0 Å². The van der Waals surface area contributed by atoms with Crippen molar-refractivity contribution in [2.45, 2.75) is 69.0 Å².